The zero-order valence-electron chi connectivity index (χ0n) is 15.4. The minimum Gasteiger partial charge on any atom is -0.457 e. The summed E-state index contributed by atoms with van der Waals surface area (Å²) < 4.78 is 5.77. The monoisotopic (exact) mass is 376 g/mol. The lowest BCUT2D eigenvalue weighted by Gasteiger charge is -2.08. The molecule has 7 nitrogen and oxygen atoms in total. The minimum absolute atomic E-state index is 0.0509. The largest absolute Gasteiger partial charge is 0.457 e. The Bertz CT molecular complexity index is 943. The van der Waals surface area contributed by atoms with Crippen LogP contribution in [-0.4, -0.2) is 28.8 Å². The fourth-order valence-corrected chi connectivity index (χ4v) is 2.50. The van der Waals surface area contributed by atoms with E-state index in [4.69, 9.17) is 4.74 Å². The first-order valence-electron chi connectivity index (χ1n) is 8.79. The molecule has 3 aromatic rings. The van der Waals surface area contributed by atoms with Crippen LogP contribution in [0.25, 0.3) is 0 Å². The SMILES string of the molecule is CNC(=O)c1cc(Oc2ccc(CCC(=O)Nc3ccncc3)cc2)ccn1. The Labute approximate surface area is 162 Å². The molecule has 142 valence electrons. The van der Waals surface area contributed by atoms with Crippen molar-refractivity contribution < 1.29 is 14.3 Å². The van der Waals surface area contributed by atoms with Crippen LogP contribution < -0.4 is 15.4 Å². The van der Waals surface area contributed by atoms with E-state index in [9.17, 15) is 9.59 Å². The van der Waals surface area contributed by atoms with Gasteiger partial charge in [0.15, 0.2) is 0 Å². The number of nitrogens with one attached hydrogen (secondary N) is 2. The molecule has 0 aliphatic heterocycles. The van der Waals surface area contributed by atoms with Gasteiger partial charge in [-0.2, -0.15) is 0 Å². The van der Waals surface area contributed by atoms with Gasteiger partial charge in [0.1, 0.15) is 17.2 Å². The summed E-state index contributed by atoms with van der Waals surface area (Å²) >= 11 is 0. The number of ether oxygens (including phenoxy) is 1. The quantitative estimate of drug-likeness (QED) is 0.660. The number of aromatic nitrogens is 2. The lowest BCUT2D eigenvalue weighted by Crippen LogP contribution is -2.18. The third-order valence-electron chi connectivity index (χ3n) is 3.95. The van der Waals surface area contributed by atoms with Gasteiger partial charge in [-0.15, -0.1) is 0 Å². The van der Waals surface area contributed by atoms with E-state index in [0.717, 1.165) is 11.3 Å². The highest BCUT2D eigenvalue weighted by Gasteiger charge is 2.07. The number of hydrogen-bond acceptors (Lipinski definition) is 5. The van der Waals surface area contributed by atoms with Crippen molar-refractivity contribution in [2.24, 2.45) is 0 Å². The van der Waals surface area contributed by atoms with Crippen LogP contribution >= 0.6 is 0 Å². The molecule has 28 heavy (non-hydrogen) atoms. The van der Waals surface area contributed by atoms with E-state index in [-0.39, 0.29) is 17.5 Å². The van der Waals surface area contributed by atoms with E-state index in [0.29, 0.717) is 24.3 Å². The van der Waals surface area contributed by atoms with Crippen molar-refractivity contribution in [3.05, 3.63) is 78.4 Å². The van der Waals surface area contributed by atoms with Crippen molar-refractivity contribution in [3.8, 4) is 11.5 Å². The van der Waals surface area contributed by atoms with Crippen molar-refractivity contribution in [2.75, 3.05) is 12.4 Å². The average molecular weight is 376 g/mol. The number of nitrogens with zero attached hydrogens (tertiary/aromatic N) is 2. The zero-order chi connectivity index (χ0) is 19.8. The third kappa shape index (κ3) is 5.38. The van der Waals surface area contributed by atoms with Crippen LogP contribution in [0.5, 0.6) is 11.5 Å². The van der Waals surface area contributed by atoms with Gasteiger partial charge >= 0.3 is 0 Å². The van der Waals surface area contributed by atoms with E-state index in [1.807, 2.05) is 24.3 Å². The van der Waals surface area contributed by atoms with Crippen LogP contribution in [0.3, 0.4) is 0 Å². The molecule has 2 N–H and O–H groups in total. The molecule has 0 saturated carbocycles. The Kier molecular flexibility index (Phi) is 6.30. The van der Waals surface area contributed by atoms with Gasteiger partial charge in [-0.05, 0) is 42.3 Å². The average Bonchev–Trinajstić information content (AvgIpc) is 2.73. The van der Waals surface area contributed by atoms with Gasteiger partial charge in [-0.1, -0.05) is 12.1 Å². The fourth-order valence-electron chi connectivity index (χ4n) is 2.50. The summed E-state index contributed by atoms with van der Waals surface area (Å²) in [5.41, 5.74) is 2.05. The molecule has 0 radical (unpaired) electrons. The van der Waals surface area contributed by atoms with Crippen LogP contribution in [0, 0.1) is 0 Å². The number of benzene rings is 1. The summed E-state index contributed by atoms with van der Waals surface area (Å²) in [7, 11) is 1.55. The molecule has 0 aliphatic rings. The van der Waals surface area contributed by atoms with Gasteiger partial charge in [-0.25, -0.2) is 0 Å². The number of carbonyl (C=O) groups excluding carboxylic acids is 2. The Morgan fingerprint density at radius 1 is 0.964 bits per heavy atom. The van der Waals surface area contributed by atoms with E-state index < -0.39 is 0 Å². The molecule has 2 amide bonds. The molecule has 2 heterocycles. The van der Waals surface area contributed by atoms with E-state index >= 15 is 0 Å². The van der Waals surface area contributed by atoms with Gasteiger partial charge in [0.2, 0.25) is 5.91 Å². The molecule has 0 spiro atoms. The second-order valence-corrected chi connectivity index (χ2v) is 5.99. The van der Waals surface area contributed by atoms with Gasteiger partial charge in [0.05, 0.1) is 0 Å². The Morgan fingerprint density at radius 3 is 2.43 bits per heavy atom. The van der Waals surface area contributed by atoms with Gasteiger partial charge in [0.25, 0.3) is 5.91 Å². The molecular weight excluding hydrogens is 356 g/mol. The van der Waals surface area contributed by atoms with Crippen LogP contribution in [0.1, 0.15) is 22.5 Å². The lowest BCUT2D eigenvalue weighted by atomic mass is 10.1. The van der Waals surface area contributed by atoms with Crippen molar-refractivity contribution >= 4 is 17.5 Å². The number of anilines is 1. The first-order chi connectivity index (χ1) is 13.6. The van der Waals surface area contributed by atoms with Crippen molar-refractivity contribution in [3.63, 3.8) is 0 Å². The molecular formula is C21H20N4O3. The highest BCUT2D eigenvalue weighted by atomic mass is 16.5. The second-order valence-electron chi connectivity index (χ2n) is 5.99. The Hall–Kier alpha value is -3.74. The summed E-state index contributed by atoms with van der Waals surface area (Å²) in [6.45, 7) is 0. The Balaban J connectivity index is 1.53. The molecule has 1 aromatic carbocycles. The second kappa shape index (κ2) is 9.27. The first kappa shape index (κ1) is 19.0. The molecule has 0 bridgehead atoms. The smallest absolute Gasteiger partial charge is 0.269 e. The normalized spacial score (nSPS) is 10.2. The molecule has 0 atom stereocenters. The topological polar surface area (TPSA) is 93.2 Å². The van der Waals surface area contributed by atoms with Gasteiger partial charge < -0.3 is 15.4 Å². The molecule has 0 aliphatic carbocycles. The van der Waals surface area contributed by atoms with Crippen LogP contribution in [0.15, 0.2) is 67.1 Å². The van der Waals surface area contributed by atoms with E-state index in [2.05, 4.69) is 20.6 Å². The standard InChI is InChI=1S/C21H20N4O3/c1-22-21(27)19-14-18(10-13-24-19)28-17-5-2-15(3-6-17)4-7-20(26)25-16-8-11-23-12-9-16/h2-3,5-6,8-14H,4,7H2,1H3,(H,22,27)(H,23,25,26). The summed E-state index contributed by atoms with van der Waals surface area (Å²) in [6, 6.07) is 14.2. The maximum absolute atomic E-state index is 12.0. The van der Waals surface area contributed by atoms with Crippen molar-refractivity contribution in [1.82, 2.24) is 15.3 Å². The zero-order valence-corrected chi connectivity index (χ0v) is 15.4. The van der Waals surface area contributed by atoms with Crippen LogP contribution in [0.4, 0.5) is 5.69 Å². The van der Waals surface area contributed by atoms with Crippen LogP contribution in [-0.2, 0) is 11.2 Å². The number of carbonyl (C=O) groups is 2. The number of amides is 2. The summed E-state index contributed by atoms with van der Waals surface area (Å²) in [4.78, 5) is 31.6. The maximum Gasteiger partial charge on any atom is 0.269 e. The number of pyridine rings is 2. The third-order valence-corrected chi connectivity index (χ3v) is 3.95. The summed E-state index contributed by atoms with van der Waals surface area (Å²) in [5, 5.41) is 5.36. The molecule has 2 aromatic heterocycles. The number of hydrogen-bond donors (Lipinski definition) is 2. The first-order valence-corrected chi connectivity index (χ1v) is 8.79. The lowest BCUT2D eigenvalue weighted by molar-refractivity contribution is -0.116. The molecule has 0 saturated heterocycles. The summed E-state index contributed by atoms with van der Waals surface area (Å²) in [5.74, 6) is 0.841. The summed E-state index contributed by atoms with van der Waals surface area (Å²) in [6.07, 6.45) is 5.79. The van der Waals surface area contributed by atoms with Crippen molar-refractivity contribution in [1.29, 1.82) is 0 Å². The molecule has 0 unspecified atom stereocenters. The van der Waals surface area contributed by atoms with E-state index in [1.54, 1.807) is 43.7 Å². The molecule has 3 rings (SSSR count). The maximum atomic E-state index is 12.0. The van der Waals surface area contributed by atoms with Gasteiger partial charge in [0, 0.05) is 43.8 Å². The number of aryl methyl sites for hydroxylation is 1. The predicted octanol–water partition coefficient (Wildman–Crippen LogP) is 3.20. The fraction of sp³-hybridized carbons (Fsp3) is 0.143. The van der Waals surface area contributed by atoms with E-state index in [1.165, 1.54) is 6.20 Å². The molecule has 7 heteroatoms. The number of rotatable bonds is 7. The molecule has 0 fully saturated rings. The highest BCUT2D eigenvalue weighted by molar-refractivity contribution is 5.92. The van der Waals surface area contributed by atoms with Crippen LogP contribution in [0.2, 0.25) is 0 Å². The minimum atomic E-state index is -0.272. The predicted molar refractivity (Wildman–Crippen MR) is 105 cm³/mol. The van der Waals surface area contributed by atoms with Gasteiger partial charge in [-0.3, -0.25) is 19.6 Å². The van der Waals surface area contributed by atoms with Crippen molar-refractivity contribution in [2.45, 2.75) is 12.8 Å². The Morgan fingerprint density at radius 2 is 1.71 bits per heavy atom. The highest BCUT2D eigenvalue weighted by Crippen LogP contribution is 2.22.